The van der Waals surface area contributed by atoms with Crippen molar-refractivity contribution >= 4 is 5.78 Å². The Kier molecular flexibility index (Phi) is 7.08. The Morgan fingerprint density at radius 2 is 2.00 bits per heavy atom. The molecule has 0 aliphatic rings. The number of carbonyl (C=O) groups is 1. The van der Waals surface area contributed by atoms with Gasteiger partial charge in [0.05, 0.1) is 19.8 Å². The smallest absolute Gasteiger partial charge is 0.178 e. The van der Waals surface area contributed by atoms with Gasteiger partial charge < -0.3 is 14.0 Å². The molecule has 0 radical (unpaired) electrons. The second-order valence-electron chi connectivity index (χ2n) is 5.53. The van der Waals surface area contributed by atoms with E-state index in [1.165, 1.54) is 0 Å². The van der Waals surface area contributed by atoms with Gasteiger partial charge >= 0.3 is 0 Å². The molecule has 5 heteroatoms. The number of rotatable bonds is 9. The lowest BCUT2D eigenvalue weighted by molar-refractivity contribution is 0.0650. The fourth-order valence-corrected chi connectivity index (χ4v) is 2.42. The van der Waals surface area contributed by atoms with Crippen LogP contribution in [0, 0.1) is 13.8 Å². The number of nitrogens with zero attached hydrogens (tertiary/aromatic N) is 2. The van der Waals surface area contributed by atoms with Crippen LogP contribution in [0.25, 0.3) is 0 Å². The summed E-state index contributed by atoms with van der Waals surface area (Å²) in [6.45, 7) is 8.38. The third-order valence-corrected chi connectivity index (χ3v) is 4.04. The van der Waals surface area contributed by atoms with Gasteiger partial charge in [-0.2, -0.15) is 0 Å². The Morgan fingerprint density at radius 3 is 2.48 bits per heavy atom. The topological polar surface area (TPSA) is 43.7 Å². The summed E-state index contributed by atoms with van der Waals surface area (Å²) in [6.07, 6.45) is 0. The van der Waals surface area contributed by atoms with E-state index < -0.39 is 0 Å². The first-order chi connectivity index (χ1) is 9.92. The van der Waals surface area contributed by atoms with Crippen LogP contribution in [-0.4, -0.2) is 61.8 Å². The number of ether oxygens (including phenoxy) is 2. The lowest BCUT2D eigenvalue weighted by Gasteiger charge is -2.27. The Labute approximate surface area is 127 Å². The summed E-state index contributed by atoms with van der Waals surface area (Å²) in [5.41, 5.74) is 2.93. The summed E-state index contributed by atoms with van der Waals surface area (Å²) >= 11 is 0. The molecule has 0 saturated heterocycles. The van der Waals surface area contributed by atoms with Gasteiger partial charge in [-0.05, 0) is 26.8 Å². The number of hydrogen-bond acceptors (Lipinski definition) is 4. The lowest BCUT2D eigenvalue weighted by Crippen LogP contribution is -2.41. The molecule has 1 rings (SSSR count). The Hall–Kier alpha value is -1.17. The molecule has 1 atom stereocenters. The average Bonchev–Trinajstić information content (AvgIpc) is 2.71. The standard InChI is InChI=1S/C16H28N2O3/c1-12-9-15(14(3)17(12)4)16(19)10-18(7-8-20-5)13(2)11-21-6/h9,13H,7-8,10-11H2,1-6H3. The van der Waals surface area contributed by atoms with Gasteiger partial charge in [0, 0.05) is 50.8 Å². The highest BCUT2D eigenvalue weighted by atomic mass is 16.5. The van der Waals surface area contributed by atoms with E-state index in [-0.39, 0.29) is 11.8 Å². The molecule has 1 aromatic rings. The number of aromatic nitrogens is 1. The number of Topliss-reactive ketones (excluding diaryl/α,β-unsaturated/α-hetero) is 1. The monoisotopic (exact) mass is 296 g/mol. The minimum atomic E-state index is 0.148. The van der Waals surface area contributed by atoms with Gasteiger partial charge in [0.25, 0.3) is 0 Å². The quantitative estimate of drug-likeness (QED) is 0.652. The summed E-state index contributed by atoms with van der Waals surface area (Å²) in [6, 6.07) is 2.15. The minimum absolute atomic E-state index is 0.148. The van der Waals surface area contributed by atoms with Crippen molar-refractivity contribution in [2.75, 3.05) is 40.5 Å². The molecule has 1 aromatic heterocycles. The van der Waals surface area contributed by atoms with Gasteiger partial charge in [0.2, 0.25) is 0 Å². The molecule has 0 aliphatic carbocycles. The maximum atomic E-state index is 12.6. The minimum Gasteiger partial charge on any atom is -0.383 e. The maximum absolute atomic E-state index is 12.6. The summed E-state index contributed by atoms with van der Waals surface area (Å²) in [4.78, 5) is 14.7. The van der Waals surface area contributed by atoms with Crippen LogP contribution in [0.15, 0.2) is 6.07 Å². The van der Waals surface area contributed by atoms with Gasteiger partial charge in [-0.3, -0.25) is 9.69 Å². The molecular weight excluding hydrogens is 268 g/mol. The van der Waals surface area contributed by atoms with Gasteiger partial charge in [0.1, 0.15) is 0 Å². The van der Waals surface area contributed by atoms with Crippen molar-refractivity contribution in [3.05, 3.63) is 23.0 Å². The first-order valence-corrected chi connectivity index (χ1v) is 7.30. The van der Waals surface area contributed by atoms with E-state index in [0.717, 1.165) is 23.5 Å². The lowest BCUT2D eigenvalue weighted by atomic mass is 10.1. The number of aryl methyl sites for hydroxylation is 1. The largest absolute Gasteiger partial charge is 0.383 e. The molecule has 5 nitrogen and oxygen atoms in total. The third kappa shape index (κ3) is 4.66. The average molecular weight is 296 g/mol. The predicted octanol–water partition coefficient (Wildman–Crippen LogP) is 1.81. The Bertz CT molecular complexity index is 468. The maximum Gasteiger partial charge on any atom is 0.178 e. The van der Waals surface area contributed by atoms with Crippen LogP contribution in [0.5, 0.6) is 0 Å². The first-order valence-electron chi connectivity index (χ1n) is 7.30. The van der Waals surface area contributed by atoms with Crippen LogP contribution in [0.1, 0.15) is 28.7 Å². The number of ketones is 1. The van der Waals surface area contributed by atoms with E-state index in [1.807, 2.05) is 31.5 Å². The second-order valence-corrected chi connectivity index (χ2v) is 5.53. The predicted molar refractivity (Wildman–Crippen MR) is 84.0 cm³/mol. The summed E-state index contributed by atoms with van der Waals surface area (Å²) in [7, 11) is 5.33. The van der Waals surface area contributed by atoms with Crippen molar-refractivity contribution in [3.63, 3.8) is 0 Å². The molecule has 0 fully saturated rings. The Morgan fingerprint density at radius 1 is 1.33 bits per heavy atom. The van der Waals surface area contributed by atoms with Crippen molar-refractivity contribution in [3.8, 4) is 0 Å². The molecule has 0 aromatic carbocycles. The van der Waals surface area contributed by atoms with E-state index >= 15 is 0 Å². The van der Waals surface area contributed by atoms with E-state index in [9.17, 15) is 4.79 Å². The Balaban J connectivity index is 2.81. The molecule has 0 aliphatic heterocycles. The normalized spacial score (nSPS) is 12.9. The van der Waals surface area contributed by atoms with Crippen molar-refractivity contribution in [2.45, 2.75) is 26.8 Å². The molecule has 0 spiro atoms. The van der Waals surface area contributed by atoms with Gasteiger partial charge in [-0.1, -0.05) is 0 Å². The fourth-order valence-electron chi connectivity index (χ4n) is 2.42. The number of methoxy groups -OCH3 is 2. The highest BCUT2D eigenvalue weighted by molar-refractivity contribution is 5.99. The summed E-state index contributed by atoms with van der Waals surface area (Å²) in [5.74, 6) is 0.148. The van der Waals surface area contributed by atoms with Crippen LogP contribution in [-0.2, 0) is 16.5 Å². The molecule has 1 unspecified atom stereocenters. The van der Waals surface area contributed by atoms with Crippen LogP contribution in [0.3, 0.4) is 0 Å². The molecule has 0 bridgehead atoms. The molecule has 0 amide bonds. The van der Waals surface area contributed by atoms with E-state index in [0.29, 0.717) is 19.8 Å². The SMILES string of the molecule is COCCN(CC(=O)c1cc(C)n(C)c1C)C(C)COC. The first kappa shape index (κ1) is 17.9. The molecule has 1 heterocycles. The number of carbonyl (C=O) groups excluding carboxylic acids is 1. The van der Waals surface area contributed by atoms with Crippen molar-refractivity contribution in [1.29, 1.82) is 0 Å². The van der Waals surface area contributed by atoms with E-state index in [1.54, 1.807) is 14.2 Å². The van der Waals surface area contributed by atoms with Crippen LogP contribution >= 0.6 is 0 Å². The molecule has 21 heavy (non-hydrogen) atoms. The highest BCUT2D eigenvalue weighted by Crippen LogP contribution is 2.15. The van der Waals surface area contributed by atoms with Gasteiger partial charge in [0.15, 0.2) is 5.78 Å². The van der Waals surface area contributed by atoms with Crippen LogP contribution < -0.4 is 0 Å². The number of hydrogen-bond donors (Lipinski definition) is 0. The van der Waals surface area contributed by atoms with Crippen LogP contribution in [0.2, 0.25) is 0 Å². The van der Waals surface area contributed by atoms with Crippen molar-refractivity contribution in [2.24, 2.45) is 7.05 Å². The summed E-state index contributed by atoms with van der Waals surface area (Å²) < 4.78 is 12.4. The zero-order valence-electron chi connectivity index (χ0n) is 14.1. The van der Waals surface area contributed by atoms with E-state index in [4.69, 9.17) is 9.47 Å². The van der Waals surface area contributed by atoms with Gasteiger partial charge in [-0.25, -0.2) is 0 Å². The summed E-state index contributed by atoms with van der Waals surface area (Å²) in [5, 5.41) is 0. The van der Waals surface area contributed by atoms with Gasteiger partial charge in [-0.15, -0.1) is 0 Å². The zero-order chi connectivity index (χ0) is 16.0. The molecule has 0 N–H and O–H groups in total. The second kappa shape index (κ2) is 8.32. The van der Waals surface area contributed by atoms with Crippen molar-refractivity contribution in [1.82, 2.24) is 9.47 Å². The fraction of sp³-hybridized carbons (Fsp3) is 0.688. The molecule has 0 saturated carbocycles. The molecular formula is C16H28N2O3. The van der Waals surface area contributed by atoms with Crippen LogP contribution in [0.4, 0.5) is 0 Å². The van der Waals surface area contributed by atoms with Crippen molar-refractivity contribution < 1.29 is 14.3 Å². The third-order valence-electron chi connectivity index (χ3n) is 4.04. The molecule has 120 valence electrons. The van der Waals surface area contributed by atoms with E-state index in [2.05, 4.69) is 11.8 Å². The zero-order valence-corrected chi connectivity index (χ0v) is 14.1. The highest BCUT2D eigenvalue weighted by Gasteiger charge is 2.20.